The van der Waals surface area contributed by atoms with Crippen molar-refractivity contribution in [3.8, 4) is 11.8 Å². The molecule has 0 spiro atoms. The van der Waals surface area contributed by atoms with E-state index < -0.39 is 6.10 Å². The fraction of sp³-hybridized carbons (Fsp3) is 0.762. The van der Waals surface area contributed by atoms with E-state index in [1.54, 1.807) is 0 Å². The van der Waals surface area contributed by atoms with Gasteiger partial charge in [0.25, 0.3) is 0 Å². The fourth-order valence-electron chi connectivity index (χ4n) is 5.14. The molecule has 0 bridgehead atoms. The van der Waals surface area contributed by atoms with Crippen LogP contribution >= 0.6 is 0 Å². The third-order valence-electron chi connectivity index (χ3n) is 6.51. The highest BCUT2D eigenvalue weighted by atomic mass is 16.3. The summed E-state index contributed by atoms with van der Waals surface area (Å²) >= 11 is 0. The third kappa shape index (κ3) is 3.46. The number of carbonyl (C=O) groups is 1. The van der Waals surface area contributed by atoms with Gasteiger partial charge in [-0.05, 0) is 55.8 Å². The fourth-order valence-corrected chi connectivity index (χ4v) is 5.14. The minimum absolute atomic E-state index is 0.0157. The Labute approximate surface area is 145 Å². The Kier molecular flexibility index (Phi) is 5.79. The van der Waals surface area contributed by atoms with Crippen molar-refractivity contribution in [3.05, 3.63) is 11.6 Å². The van der Waals surface area contributed by atoms with Crippen molar-refractivity contribution in [2.24, 2.45) is 29.6 Å². The van der Waals surface area contributed by atoms with Crippen molar-refractivity contribution in [2.45, 2.75) is 70.5 Å². The van der Waals surface area contributed by atoms with Crippen LogP contribution in [-0.4, -0.2) is 28.7 Å². The van der Waals surface area contributed by atoms with Gasteiger partial charge in [0.05, 0.1) is 12.0 Å². The van der Waals surface area contributed by atoms with Gasteiger partial charge in [0.1, 0.15) is 12.4 Å². The lowest BCUT2D eigenvalue weighted by molar-refractivity contribution is -0.107. The van der Waals surface area contributed by atoms with E-state index in [0.717, 1.165) is 38.4 Å². The summed E-state index contributed by atoms with van der Waals surface area (Å²) in [5.74, 6) is 8.00. The topological polar surface area (TPSA) is 57.5 Å². The van der Waals surface area contributed by atoms with Crippen LogP contribution in [0.1, 0.15) is 58.3 Å². The molecule has 0 radical (unpaired) electrons. The molecule has 0 aromatic carbocycles. The quantitative estimate of drug-likeness (QED) is 0.360. The summed E-state index contributed by atoms with van der Waals surface area (Å²) in [5.41, 5.74) is 1.46. The number of aldehydes is 1. The van der Waals surface area contributed by atoms with E-state index >= 15 is 0 Å². The highest BCUT2D eigenvalue weighted by Crippen LogP contribution is 2.55. The Morgan fingerprint density at radius 1 is 1.21 bits per heavy atom. The van der Waals surface area contributed by atoms with E-state index in [1.807, 2.05) is 0 Å². The largest absolute Gasteiger partial charge is 0.392 e. The molecule has 132 valence electrons. The van der Waals surface area contributed by atoms with Crippen molar-refractivity contribution < 1.29 is 15.0 Å². The van der Waals surface area contributed by atoms with Crippen LogP contribution in [0.5, 0.6) is 0 Å². The molecule has 3 nitrogen and oxygen atoms in total. The van der Waals surface area contributed by atoms with Gasteiger partial charge in [0.15, 0.2) is 0 Å². The molecule has 3 fully saturated rings. The molecule has 3 rings (SSSR count). The Morgan fingerprint density at radius 2 is 1.96 bits per heavy atom. The lowest BCUT2D eigenvalue weighted by Crippen LogP contribution is -2.50. The summed E-state index contributed by atoms with van der Waals surface area (Å²) < 4.78 is 0. The highest BCUT2D eigenvalue weighted by Gasteiger charge is 2.50. The van der Waals surface area contributed by atoms with Gasteiger partial charge < -0.3 is 15.0 Å². The molecular weight excluding hydrogens is 300 g/mol. The molecule has 24 heavy (non-hydrogen) atoms. The highest BCUT2D eigenvalue weighted by molar-refractivity contribution is 5.49. The number of unbranched alkanes of at least 4 members (excludes halogenated alkanes) is 1. The van der Waals surface area contributed by atoms with Crippen LogP contribution in [0, 0.1) is 41.4 Å². The van der Waals surface area contributed by atoms with E-state index in [0.29, 0.717) is 30.1 Å². The normalized spacial score (nSPS) is 38.8. The second kappa shape index (κ2) is 7.85. The van der Waals surface area contributed by atoms with Gasteiger partial charge in [-0.2, -0.15) is 0 Å². The van der Waals surface area contributed by atoms with Gasteiger partial charge in [-0.3, -0.25) is 0 Å². The molecular formula is C21H30O3. The number of hydrogen-bond donors (Lipinski definition) is 2. The first-order valence-electron chi connectivity index (χ1n) is 9.64. The Balaban J connectivity index is 1.67. The van der Waals surface area contributed by atoms with Crippen LogP contribution < -0.4 is 0 Å². The number of aliphatic hydroxyl groups is 2. The molecule has 3 aliphatic carbocycles. The van der Waals surface area contributed by atoms with E-state index in [4.69, 9.17) is 0 Å². The molecule has 2 unspecified atom stereocenters. The predicted molar refractivity (Wildman–Crippen MR) is 94.0 cm³/mol. The predicted octanol–water partition coefficient (Wildman–Crippen LogP) is 3.10. The zero-order valence-corrected chi connectivity index (χ0v) is 14.7. The molecule has 0 amide bonds. The average Bonchev–Trinajstić information content (AvgIpc) is 3.11. The van der Waals surface area contributed by atoms with Crippen molar-refractivity contribution in [1.29, 1.82) is 0 Å². The average molecular weight is 330 g/mol. The molecule has 3 heteroatoms. The zero-order valence-electron chi connectivity index (χ0n) is 14.7. The van der Waals surface area contributed by atoms with E-state index in [-0.39, 0.29) is 12.0 Å². The summed E-state index contributed by atoms with van der Waals surface area (Å²) in [6, 6.07) is 0. The first kappa shape index (κ1) is 17.7. The van der Waals surface area contributed by atoms with Gasteiger partial charge >= 0.3 is 0 Å². The van der Waals surface area contributed by atoms with E-state index in [2.05, 4.69) is 24.8 Å². The Hall–Kier alpha value is -1.11. The van der Waals surface area contributed by atoms with Crippen molar-refractivity contribution >= 4 is 6.29 Å². The summed E-state index contributed by atoms with van der Waals surface area (Å²) in [7, 11) is 0. The van der Waals surface area contributed by atoms with Crippen LogP contribution in [0.3, 0.4) is 0 Å². The number of aliphatic hydroxyl groups excluding tert-OH is 2. The molecule has 0 saturated heterocycles. The SMILES string of the molecule is CC1/C(=C/CCC=O)[C@@H]2CC[C@H](O)[C@H](C#CC(O)C3CCCC3)[C@H]12. The first-order valence-corrected chi connectivity index (χ1v) is 9.64. The second-order valence-corrected chi connectivity index (χ2v) is 7.87. The first-order chi connectivity index (χ1) is 11.6. The van der Waals surface area contributed by atoms with E-state index in [1.165, 1.54) is 18.4 Å². The van der Waals surface area contributed by atoms with Gasteiger partial charge in [-0.1, -0.05) is 43.3 Å². The lowest BCUT2D eigenvalue weighted by Gasteiger charge is -2.53. The minimum Gasteiger partial charge on any atom is -0.392 e. The number of hydrogen-bond acceptors (Lipinski definition) is 3. The molecule has 0 aromatic heterocycles. The van der Waals surface area contributed by atoms with Crippen LogP contribution in [0.2, 0.25) is 0 Å². The standard InChI is InChI=1S/C21H30O3/c1-14-16(8-4-5-13-22)17-9-12-20(24)18(21(14)17)10-11-19(23)15-6-2-3-7-15/h8,13-15,17-21,23-24H,2-7,9,12H2,1H3/b16-8-/t14?,17-,18-,19?,20-,21+/m0/s1. The molecule has 0 heterocycles. The summed E-state index contributed by atoms with van der Waals surface area (Å²) in [6.07, 6.45) is 10.1. The number of carbonyl (C=O) groups excluding carboxylic acids is 1. The summed E-state index contributed by atoms with van der Waals surface area (Å²) in [4.78, 5) is 10.5. The van der Waals surface area contributed by atoms with Gasteiger partial charge in [0.2, 0.25) is 0 Å². The summed E-state index contributed by atoms with van der Waals surface area (Å²) in [5, 5.41) is 20.7. The monoisotopic (exact) mass is 330 g/mol. The maximum atomic E-state index is 10.5. The second-order valence-electron chi connectivity index (χ2n) is 7.87. The molecule has 3 aliphatic rings. The van der Waals surface area contributed by atoms with Crippen LogP contribution in [0.15, 0.2) is 11.6 Å². The lowest BCUT2D eigenvalue weighted by atomic mass is 9.51. The third-order valence-corrected chi connectivity index (χ3v) is 6.51. The van der Waals surface area contributed by atoms with Crippen molar-refractivity contribution in [1.82, 2.24) is 0 Å². The molecule has 0 aromatic rings. The number of fused-ring (bicyclic) bond motifs is 1. The maximum absolute atomic E-state index is 10.5. The minimum atomic E-state index is -0.530. The van der Waals surface area contributed by atoms with Crippen LogP contribution in [0.4, 0.5) is 0 Å². The molecule has 3 saturated carbocycles. The van der Waals surface area contributed by atoms with Gasteiger partial charge in [-0.15, -0.1) is 0 Å². The zero-order chi connectivity index (χ0) is 17.1. The Morgan fingerprint density at radius 3 is 2.67 bits per heavy atom. The van der Waals surface area contributed by atoms with Gasteiger partial charge in [0, 0.05) is 6.42 Å². The number of allylic oxidation sites excluding steroid dienone is 2. The molecule has 2 N–H and O–H groups in total. The number of rotatable bonds is 4. The Bertz CT molecular complexity index is 535. The van der Waals surface area contributed by atoms with Crippen molar-refractivity contribution in [2.75, 3.05) is 0 Å². The van der Waals surface area contributed by atoms with E-state index in [9.17, 15) is 15.0 Å². The van der Waals surface area contributed by atoms with Gasteiger partial charge in [-0.25, -0.2) is 0 Å². The maximum Gasteiger partial charge on any atom is 0.120 e. The van der Waals surface area contributed by atoms with Crippen molar-refractivity contribution in [3.63, 3.8) is 0 Å². The summed E-state index contributed by atoms with van der Waals surface area (Å²) in [6.45, 7) is 2.22. The molecule has 0 aliphatic heterocycles. The van der Waals surface area contributed by atoms with Crippen LogP contribution in [0.25, 0.3) is 0 Å². The van der Waals surface area contributed by atoms with Crippen LogP contribution in [-0.2, 0) is 4.79 Å². The molecule has 6 atom stereocenters. The smallest absolute Gasteiger partial charge is 0.120 e.